The summed E-state index contributed by atoms with van der Waals surface area (Å²) in [4.78, 5) is 18.4. The third kappa shape index (κ3) is 6.82. The molecule has 0 unspecified atom stereocenters. The van der Waals surface area contributed by atoms with Gasteiger partial charge in [0.25, 0.3) is 5.91 Å². The molecule has 7 nitrogen and oxygen atoms in total. The normalized spacial score (nSPS) is 10.8. The van der Waals surface area contributed by atoms with Crippen molar-refractivity contribution in [1.82, 2.24) is 15.2 Å². The van der Waals surface area contributed by atoms with Crippen LogP contribution in [-0.4, -0.2) is 49.6 Å². The van der Waals surface area contributed by atoms with E-state index in [1.54, 1.807) is 32.8 Å². The van der Waals surface area contributed by atoms with Crippen LogP contribution in [0.4, 0.5) is 0 Å². The van der Waals surface area contributed by atoms with Crippen LogP contribution in [0.2, 0.25) is 0 Å². The van der Waals surface area contributed by atoms with Gasteiger partial charge in [0.05, 0.1) is 14.2 Å². The van der Waals surface area contributed by atoms with Gasteiger partial charge in [0, 0.05) is 38.2 Å². The van der Waals surface area contributed by atoms with E-state index in [2.05, 4.69) is 10.3 Å². The maximum absolute atomic E-state index is 12.4. The molecule has 2 rings (SSSR count). The highest BCUT2D eigenvalue weighted by molar-refractivity contribution is 5.97. The number of carbonyl (C=O) groups is 1. The standard InChI is InChI=1S/C23H28N4O3/c1-4-27(14-10-18-7-11-25-12-8-18)17-20(16-24)23(28)26-13-9-19-5-6-21(29-2)22(15-19)30-3/h5-8,11-12,15,17H,4,9-10,13-14H2,1-3H3,(H,26,28)/b20-17-. The van der Waals surface area contributed by atoms with Crippen LogP contribution in [0, 0.1) is 11.3 Å². The van der Waals surface area contributed by atoms with E-state index in [0.29, 0.717) is 37.6 Å². The number of benzene rings is 1. The third-order valence-electron chi connectivity index (χ3n) is 4.67. The Morgan fingerprint density at radius 2 is 1.87 bits per heavy atom. The highest BCUT2D eigenvalue weighted by Crippen LogP contribution is 2.27. The van der Waals surface area contributed by atoms with Gasteiger partial charge in [-0.05, 0) is 55.2 Å². The van der Waals surface area contributed by atoms with Gasteiger partial charge in [-0.2, -0.15) is 5.26 Å². The van der Waals surface area contributed by atoms with E-state index in [1.165, 1.54) is 0 Å². The Morgan fingerprint density at radius 1 is 1.13 bits per heavy atom. The van der Waals surface area contributed by atoms with Gasteiger partial charge in [0.1, 0.15) is 11.6 Å². The van der Waals surface area contributed by atoms with Crippen molar-refractivity contribution in [3.05, 3.63) is 65.6 Å². The van der Waals surface area contributed by atoms with Crippen molar-refractivity contribution in [2.75, 3.05) is 33.9 Å². The van der Waals surface area contributed by atoms with Crippen molar-refractivity contribution >= 4 is 5.91 Å². The third-order valence-corrected chi connectivity index (χ3v) is 4.67. The predicted octanol–water partition coefficient (Wildman–Crippen LogP) is 2.73. The Kier molecular flexibility index (Phi) is 9.19. The molecule has 30 heavy (non-hydrogen) atoms. The first kappa shape index (κ1) is 22.8. The Balaban J connectivity index is 1.90. The van der Waals surface area contributed by atoms with Gasteiger partial charge in [-0.15, -0.1) is 0 Å². The highest BCUT2D eigenvalue weighted by Gasteiger charge is 2.11. The Morgan fingerprint density at radius 3 is 2.50 bits per heavy atom. The summed E-state index contributed by atoms with van der Waals surface area (Å²) in [7, 11) is 3.17. The van der Waals surface area contributed by atoms with Crippen LogP contribution in [0.15, 0.2) is 54.5 Å². The van der Waals surface area contributed by atoms with E-state index in [4.69, 9.17) is 9.47 Å². The molecular formula is C23H28N4O3. The second-order valence-electron chi connectivity index (χ2n) is 6.58. The number of pyridine rings is 1. The maximum Gasteiger partial charge on any atom is 0.263 e. The largest absolute Gasteiger partial charge is 0.493 e. The van der Waals surface area contributed by atoms with Crippen LogP contribution in [0.3, 0.4) is 0 Å². The Labute approximate surface area is 177 Å². The van der Waals surface area contributed by atoms with E-state index >= 15 is 0 Å². The van der Waals surface area contributed by atoms with Gasteiger partial charge in [-0.25, -0.2) is 0 Å². The Hall–Kier alpha value is -3.53. The summed E-state index contributed by atoms with van der Waals surface area (Å²) in [6, 6.07) is 11.6. The number of methoxy groups -OCH3 is 2. The van der Waals surface area contributed by atoms with Crippen LogP contribution in [-0.2, 0) is 17.6 Å². The first-order chi connectivity index (χ1) is 14.6. The van der Waals surface area contributed by atoms with E-state index in [9.17, 15) is 10.1 Å². The SMILES string of the molecule is CCN(/C=C(/C#N)C(=O)NCCc1ccc(OC)c(OC)c1)CCc1ccncc1. The number of carbonyl (C=O) groups excluding carboxylic acids is 1. The molecule has 2 aromatic rings. The zero-order valence-electron chi connectivity index (χ0n) is 17.7. The van der Waals surface area contributed by atoms with Crippen molar-refractivity contribution in [2.45, 2.75) is 19.8 Å². The minimum absolute atomic E-state index is 0.0962. The summed E-state index contributed by atoms with van der Waals surface area (Å²) in [6.45, 7) is 3.82. The van der Waals surface area contributed by atoms with Crippen LogP contribution < -0.4 is 14.8 Å². The second kappa shape index (κ2) is 12.1. The molecule has 0 bridgehead atoms. The summed E-state index contributed by atoms with van der Waals surface area (Å²) < 4.78 is 10.5. The lowest BCUT2D eigenvalue weighted by Gasteiger charge is -2.18. The van der Waals surface area contributed by atoms with Crippen LogP contribution in [0.5, 0.6) is 11.5 Å². The number of nitriles is 1. The molecule has 0 saturated carbocycles. The molecule has 0 fully saturated rings. The summed E-state index contributed by atoms with van der Waals surface area (Å²) in [6.07, 6.45) is 6.58. The first-order valence-corrected chi connectivity index (χ1v) is 9.85. The number of hydrogen-bond acceptors (Lipinski definition) is 6. The zero-order chi connectivity index (χ0) is 21.8. The number of nitrogens with one attached hydrogen (secondary N) is 1. The van der Waals surface area contributed by atoms with Gasteiger partial charge in [-0.3, -0.25) is 9.78 Å². The molecule has 158 valence electrons. The molecule has 7 heteroatoms. The lowest BCUT2D eigenvalue weighted by molar-refractivity contribution is -0.117. The lowest BCUT2D eigenvalue weighted by Crippen LogP contribution is -2.29. The summed E-state index contributed by atoms with van der Waals surface area (Å²) >= 11 is 0. The molecule has 1 aromatic carbocycles. The van der Waals surface area contributed by atoms with Crippen LogP contribution in [0.1, 0.15) is 18.1 Å². The average molecular weight is 409 g/mol. The fourth-order valence-electron chi connectivity index (χ4n) is 2.91. The minimum atomic E-state index is -0.375. The summed E-state index contributed by atoms with van der Waals surface area (Å²) in [5.74, 6) is 0.929. The maximum atomic E-state index is 12.4. The van der Waals surface area contributed by atoms with Gasteiger partial charge in [-0.1, -0.05) is 6.07 Å². The molecule has 0 atom stereocenters. The fourth-order valence-corrected chi connectivity index (χ4v) is 2.91. The van der Waals surface area contributed by atoms with Crippen LogP contribution >= 0.6 is 0 Å². The molecule has 0 aliphatic heterocycles. The van der Waals surface area contributed by atoms with Gasteiger partial charge in [0.15, 0.2) is 11.5 Å². The summed E-state index contributed by atoms with van der Waals surface area (Å²) in [5.41, 5.74) is 2.26. The molecule has 0 radical (unpaired) electrons. The molecule has 1 aromatic heterocycles. The average Bonchev–Trinajstić information content (AvgIpc) is 2.79. The van der Waals surface area contributed by atoms with E-state index < -0.39 is 0 Å². The Bertz CT molecular complexity index is 891. The van der Waals surface area contributed by atoms with Crippen molar-refractivity contribution in [2.24, 2.45) is 0 Å². The number of nitrogens with zero attached hydrogens (tertiary/aromatic N) is 3. The molecule has 1 heterocycles. The predicted molar refractivity (Wildman–Crippen MR) is 115 cm³/mol. The highest BCUT2D eigenvalue weighted by atomic mass is 16.5. The number of amides is 1. The molecule has 0 aliphatic carbocycles. The molecule has 1 N–H and O–H groups in total. The number of likely N-dealkylation sites (N-methyl/N-ethyl adjacent to an activating group) is 1. The molecule has 0 spiro atoms. The topological polar surface area (TPSA) is 87.5 Å². The molecule has 0 saturated heterocycles. The van der Waals surface area contributed by atoms with Gasteiger partial charge >= 0.3 is 0 Å². The number of aromatic nitrogens is 1. The number of rotatable bonds is 11. The van der Waals surface area contributed by atoms with Gasteiger partial charge in [0.2, 0.25) is 0 Å². The van der Waals surface area contributed by atoms with E-state index in [1.807, 2.05) is 48.2 Å². The van der Waals surface area contributed by atoms with E-state index in [0.717, 1.165) is 17.5 Å². The lowest BCUT2D eigenvalue weighted by atomic mass is 10.1. The number of ether oxygens (including phenoxy) is 2. The minimum Gasteiger partial charge on any atom is -0.493 e. The van der Waals surface area contributed by atoms with Crippen LogP contribution in [0.25, 0.3) is 0 Å². The summed E-state index contributed by atoms with van der Waals surface area (Å²) in [5, 5.41) is 12.2. The fraction of sp³-hybridized carbons (Fsp3) is 0.348. The monoisotopic (exact) mass is 408 g/mol. The van der Waals surface area contributed by atoms with Gasteiger partial charge < -0.3 is 19.7 Å². The molecule has 0 aliphatic rings. The quantitative estimate of drug-likeness (QED) is 0.454. The van der Waals surface area contributed by atoms with Crippen molar-refractivity contribution in [3.8, 4) is 17.6 Å². The zero-order valence-corrected chi connectivity index (χ0v) is 17.7. The smallest absolute Gasteiger partial charge is 0.263 e. The molecular weight excluding hydrogens is 380 g/mol. The van der Waals surface area contributed by atoms with Crippen molar-refractivity contribution in [3.63, 3.8) is 0 Å². The van der Waals surface area contributed by atoms with E-state index in [-0.39, 0.29) is 11.5 Å². The number of hydrogen-bond donors (Lipinski definition) is 1. The van der Waals surface area contributed by atoms with Crippen molar-refractivity contribution < 1.29 is 14.3 Å². The van der Waals surface area contributed by atoms with Crippen molar-refractivity contribution in [1.29, 1.82) is 5.26 Å². The second-order valence-corrected chi connectivity index (χ2v) is 6.58. The molecule has 1 amide bonds. The first-order valence-electron chi connectivity index (χ1n) is 9.85.